The number of nitrogens with one attached hydrogen (secondary N) is 1. The Kier molecular flexibility index (Phi) is 6.37. The first-order chi connectivity index (χ1) is 12.3. The van der Waals surface area contributed by atoms with Crippen LogP contribution in [0.1, 0.15) is 10.4 Å². The van der Waals surface area contributed by atoms with Gasteiger partial charge in [-0.3, -0.25) is 14.9 Å². The normalized spacial score (nSPS) is 10.1. The number of ether oxygens (including phenoxy) is 2. The second kappa shape index (κ2) is 8.50. The number of benzene rings is 2. The van der Waals surface area contributed by atoms with E-state index in [4.69, 9.17) is 32.7 Å². The second-order valence-electron chi connectivity index (χ2n) is 4.89. The summed E-state index contributed by atoms with van der Waals surface area (Å²) in [6, 6.07) is 8.08. The molecule has 8 nitrogen and oxygen atoms in total. The molecular formula is C16H12Cl2N2O6. The van der Waals surface area contributed by atoms with Crippen molar-refractivity contribution in [3.8, 4) is 5.75 Å². The van der Waals surface area contributed by atoms with Gasteiger partial charge >= 0.3 is 5.97 Å². The van der Waals surface area contributed by atoms with E-state index in [0.29, 0.717) is 16.5 Å². The minimum Gasteiger partial charge on any atom is -0.495 e. The van der Waals surface area contributed by atoms with Crippen LogP contribution in [0.5, 0.6) is 5.75 Å². The molecule has 1 amide bonds. The van der Waals surface area contributed by atoms with E-state index >= 15 is 0 Å². The second-order valence-corrected chi connectivity index (χ2v) is 5.76. The van der Waals surface area contributed by atoms with Crippen LogP contribution in [0.25, 0.3) is 0 Å². The van der Waals surface area contributed by atoms with Crippen LogP contribution >= 0.6 is 23.2 Å². The van der Waals surface area contributed by atoms with E-state index in [2.05, 4.69) is 5.32 Å². The van der Waals surface area contributed by atoms with Gasteiger partial charge in [-0.05, 0) is 30.3 Å². The maximum Gasteiger partial charge on any atom is 0.345 e. The molecule has 0 aliphatic carbocycles. The molecule has 0 saturated heterocycles. The molecule has 0 unspecified atom stereocenters. The Balaban J connectivity index is 2.05. The van der Waals surface area contributed by atoms with Gasteiger partial charge in [0.2, 0.25) is 0 Å². The van der Waals surface area contributed by atoms with Crippen LogP contribution in [0.4, 0.5) is 11.4 Å². The first-order valence-electron chi connectivity index (χ1n) is 7.06. The van der Waals surface area contributed by atoms with Crippen molar-refractivity contribution in [2.75, 3.05) is 19.0 Å². The molecule has 0 saturated carbocycles. The topological polar surface area (TPSA) is 108 Å². The lowest BCUT2D eigenvalue weighted by molar-refractivity contribution is -0.385. The Bertz CT molecular complexity index is 872. The highest BCUT2D eigenvalue weighted by molar-refractivity contribution is 6.31. The number of rotatable bonds is 6. The zero-order valence-corrected chi connectivity index (χ0v) is 14.8. The van der Waals surface area contributed by atoms with Gasteiger partial charge in [0.05, 0.1) is 17.7 Å². The van der Waals surface area contributed by atoms with Gasteiger partial charge in [-0.15, -0.1) is 0 Å². The molecule has 0 heterocycles. The molecule has 0 fully saturated rings. The maximum absolute atomic E-state index is 12.0. The van der Waals surface area contributed by atoms with Crippen LogP contribution in [0.15, 0.2) is 36.4 Å². The number of hydrogen-bond donors (Lipinski definition) is 1. The molecule has 1 N–H and O–H groups in total. The summed E-state index contributed by atoms with van der Waals surface area (Å²) in [4.78, 5) is 34.2. The first-order valence-corrected chi connectivity index (χ1v) is 7.82. The minimum atomic E-state index is -1.03. The molecule has 0 aliphatic rings. The van der Waals surface area contributed by atoms with E-state index in [0.717, 1.165) is 12.1 Å². The highest BCUT2D eigenvalue weighted by Crippen LogP contribution is 2.28. The number of nitro benzene ring substituents is 1. The average Bonchev–Trinajstić information content (AvgIpc) is 2.59. The molecule has 0 bridgehead atoms. The molecule has 0 radical (unpaired) electrons. The van der Waals surface area contributed by atoms with E-state index in [9.17, 15) is 19.7 Å². The fourth-order valence-corrected chi connectivity index (χ4v) is 2.34. The van der Waals surface area contributed by atoms with Crippen molar-refractivity contribution in [1.82, 2.24) is 0 Å². The summed E-state index contributed by atoms with van der Waals surface area (Å²) in [7, 11) is 1.42. The van der Waals surface area contributed by atoms with Crippen molar-refractivity contribution < 1.29 is 24.0 Å². The third-order valence-electron chi connectivity index (χ3n) is 3.15. The van der Waals surface area contributed by atoms with Crippen molar-refractivity contribution in [3.63, 3.8) is 0 Å². The van der Waals surface area contributed by atoms with Gasteiger partial charge < -0.3 is 14.8 Å². The molecule has 136 valence electrons. The third kappa shape index (κ3) is 4.84. The Hall–Kier alpha value is -2.84. The van der Waals surface area contributed by atoms with Gasteiger partial charge in [-0.2, -0.15) is 0 Å². The van der Waals surface area contributed by atoms with Gasteiger partial charge in [0.25, 0.3) is 11.6 Å². The molecule has 0 aliphatic heterocycles. The summed E-state index contributed by atoms with van der Waals surface area (Å²) in [5, 5.41) is 13.9. The lowest BCUT2D eigenvalue weighted by atomic mass is 10.2. The molecule has 0 atom stereocenters. The quantitative estimate of drug-likeness (QED) is 0.451. The Morgan fingerprint density at radius 2 is 1.81 bits per heavy atom. The monoisotopic (exact) mass is 398 g/mol. The summed E-state index contributed by atoms with van der Waals surface area (Å²) in [6.07, 6.45) is 0. The van der Waals surface area contributed by atoms with Crippen molar-refractivity contribution in [1.29, 1.82) is 0 Å². The fraction of sp³-hybridized carbons (Fsp3) is 0.125. The zero-order chi connectivity index (χ0) is 19.3. The van der Waals surface area contributed by atoms with Crippen LogP contribution in [0, 0.1) is 10.1 Å². The third-order valence-corrected chi connectivity index (χ3v) is 3.62. The van der Waals surface area contributed by atoms with E-state index in [1.807, 2.05) is 0 Å². The molecule has 0 aromatic heterocycles. The first kappa shape index (κ1) is 19.5. The van der Waals surface area contributed by atoms with Gasteiger partial charge in [0, 0.05) is 16.1 Å². The largest absolute Gasteiger partial charge is 0.495 e. The number of esters is 1. The van der Waals surface area contributed by atoms with E-state index in [-0.39, 0.29) is 10.6 Å². The molecular weight excluding hydrogens is 387 g/mol. The number of amides is 1. The van der Waals surface area contributed by atoms with Gasteiger partial charge in [0.15, 0.2) is 6.61 Å². The van der Waals surface area contributed by atoms with Crippen LogP contribution in [-0.2, 0) is 9.53 Å². The number of anilines is 1. The molecule has 10 heteroatoms. The smallest absolute Gasteiger partial charge is 0.345 e. The number of halogens is 2. The number of hydrogen-bond acceptors (Lipinski definition) is 6. The van der Waals surface area contributed by atoms with Crippen LogP contribution in [0.2, 0.25) is 10.0 Å². The summed E-state index contributed by atoms with van der Waals surface area (Å²) in [5.74, 6) is -1.33. The van der Waals surface area contributed by atoms with Crippen molar-refractivity contribution in [2.45, 2.75) is 0 Å². The predicted octanol–water partition coefficient (Wildman–Crippen LogP) is 3.71. The van der Waals surface area contributed by atoms with Gasteiger partial charge in [0.1, 0.15) is 11.3 Å². The summed E-state index contributed by atoms with van der Waals surface area (Å²) in [6.45, 7) is -0.658. The summed E-state index contributed by atoms with van der Waals surface area (Å²) in [5.41, 5.74) is -0.537. The number of carbonyl (C=O) groups is 2. The minimum absolute atomic E-state index is 0.0963. The lowest BCUT2D eigenvalue weighted by Crippen LogP contribution is -2.21. The van der Waals surface area contributed by atoms with Gasteiger partial charge in [-0.1, -0.05) is 23.2 Å². The summed E-state index contributed by atoms with van der Waals surface area (Å²) < 4.78 is 9.91. The lowest BCUT2D eigenvalue weighted by Gasteiger charge is -2.11. The standard InChI is InChI=1S/C16H12Cl2N2O6/c1-25-14-5-3-9(17)6-12(14)19-15(21)8-26-16(22)11-4-2-10(18)7-13(11)20(23)24/h2-7H,8H2,1H3,(H,19,21). The van der Waals surface area contributed by atoms with Crippen LogP contribution in [0.3, 0.4) is 0 Å². The van der Waals surface area contributed by atoms with Gasteiger partial charge in [-0.25, -0.2) is 4.79 Å². The van der Waals surface area contributed by atoms with E-state index < -0.39 is 29.1 Å². The molecule has 2 rings (SSSR count). The Labute approximate surface area is 157 Å². The Morgan fingerprint density at radius 3 is 2.46 bits per heavy atom. The van der Waals surface area contributed by atoms with Crippen molar-refractivity contribution >= 4 is 46.5 Å². The Morgan fingerprint density at radius 1 is 1.15 bits per heavy atom. The molecule has 26 heavy (non-hydrogen) atoms. The van der Waals surface area contributed by atoms with Crippen LogP contribution in [-0.4, -0.2) is 30.5 Å². The SMILES string of the molecule is COc1ccc(Cl)cc1NC(=O)COC(=O)c1ccc(Cl)cc1[N+](=O)[O-]. The summed E-state index contributed by atoms with van der Waals surface area (Å²) >= 11 is 11.5. The average molecular weight is 399 g/mol. The number of nitro groups is 1. The predicted molar refractivity (Wildman–Crippen MR) is 95.0 cm³/mol. The zero-order valence-electron chi connectivity index (χ0n) is 13.3. The molecule has 2 aromatic carbocycles. The van der Waals surface area contributed by atoms with Crippen molar-refractivity contribution in [3.05, 3.63) is 62.1 Å². The van der Waals surface area contributed by atoms with E-state index in [1.165, 1.54) is 19.2 Å². The molecule has 2 aromatic rings. The molecule has 0 spiro atoms. The highest BCUT2D eigenvalue weighted by atomic mass is 35.5. The number of carbonyl (C=O) groups excluding carboxylic acids is 2. The van der Waals surface area contributed by atoms with Crippen LogP contribution < -0.4 is 10.1 Å². The fourth-order valence-electron chi connectivity index (χ4n) is 2.00. The van der Waals surface area contributed by atoms with Crippen molar-refractivity contribution in [2.24, 2.45) is 0 Å². The van der Waals surface area contributed by atoms with E-state index in [1.54, 1.807) is 12.1 Å². The maximum atomic E-state index is 12.0. The number of nitrogens with zero attached hydrogens (tertiary/aromatic N) is 1. The highest BCUT2D eigenvalue weighted by Gasteiger charge is 2.22. The number of methoxy groups -OCH3 is 1.